The van der Waals surface area contributed by atoms with E-state index in [1.807, 2.05) is 62.4 Å². The average molecular weight is 880 g/mol. The van der Waals surface area contributed by atoms with E-state index in [2.05, 4.69) is 30.6 Å². The summed E-state index contributed by atoms with van der Waals surface area (Å²) in [4.78, 5) is 71.3. The molecule has 0 unspecified atom stereocenters. The predicted molar refractivity (Wildman–Crippen MR) is 234 cm³/mol. The van der Waals surface area contributed by atoms with E-state index < -0.39 is 46.2 Å². The molecule has 2 saturated heterocycles. The number of likely N-dealkylation sites (tertiary alicyclic amines) is 1. The standard InChI is InChI=1S/C45H53N9O8S/c1-27(2)38(50-44(57)61-5)42(55)53-22-10-13-36(53)40-46-23-34(48-40)31-18-14-29(15-19-31)30-16-20-32(21-17-30)35-24-47-41(49-35)37-25-52(63(59,60)33-11-8-7-9-12-33)26-54(37)43(56)39(28(3)4)51-45(58)62-6/h7-9,11-12,14-21,23-24,27-28,36-39H,10,13,22,25-26H2,1-6H3,(H,46,48)(H,47,49)(H,50,57)(H,51,58)/t36-,37-,38-,39-/m0/s1. The van der Waals surface area contributed by atoms with Crippen LogP contribution >= 0.6 is 0 Å². The molecule has 4 amide bonds. The Kier molecular flexibility index (Phi) is 13.3. The van der Waals surface area contributed by atoms with Crippen LogP contribution in [0.15, 0.2) is 96.2 Å². The van der Waals surface area contributed by atoms with Crippen molar-refractivity contribution < 1.29 is 37.1 Å². The van der Waals surface area contributed by atoms with Crippen molar-refractivity contribution in [3.05, 3.63) is 103 Å². The lowest BCUT2D eigenvalue weighted by Gasteiger charge is -2.30. The van der Waals surface area contributed by atoms with Crippen molar-refractivity contribution in [2.75, 3.05) is 34.0 Å². The molecule has 0 spiro atoms. The molecule has 2 aliphatic heterocycles. The topological polar surface area (TPSA) is 212 Å². The first kappa shape index (κ1) is 44.5. The van der Waals surface area contributed by atoms with Gasteiger partial charge in [-0.05, 0) is 59.1 Å². The Bertz CT molecular complexity index is 2520. The van der Waals surface area contributed by atoms with Gasteiger partial charge in [0.05, 0.1) is 55.6 Å². The number of benzene rings is 3. The van der Waals surface area contributed by atoms with Crippen LogP contribution in [0.25, 0.3) is 33.6 Å². The minimum absolute atomic E-state index is 0.0542. The number of nitrogens with one attached hydrogen (secondary N) is 4. The summed E-state index contributed by atoms with van der Waals surface area (Å²) in [5.41, 5.74) is 5.21. The second kappa shape index (κ2) is 18.8. The summed E-state index contributed by atoms with van der Waals surface area (Å²) in [5.74, 6) is -0.00181. The van der Waals surface area contributed by atoms with Crippen LogP contribution in [0.5, 0.6) is 0 Å². The molecule has 2 aliphatic rings. The molecule has 0 radical (unpaired) electrons. The molecular weight excluding hydrogens is 827 g/mol. The van der Waals surface area contributed by atoms with Gasteiger partial charge in [0.1, 0.15) is 29.8 Å². The number of methoxy groups -OCH3 is 2. The van der Waals surface area contributed by atoms with Crippen molar-refractivity contribution in [3.8, 4) is 33.6 Å². The Balaban J connectivity index is 1.06. The molecule has 63 heavy (non-hydrogen) atoms. The average Bonchev–Trinajstić information content (AvgIpc) is 4.14. The number of amides is 4. The number of carbonyl (C=O) groups is 4. The van der Waals surface area contributed by atoms with Crippen LogP contribution in [0, 0.1) is 11.8 Å². The number of nitrogens with zero attached hydrogens (tertiary/aromatic N) is 5. The number of aromatic nitrogens is 4. The summed E-state index contributed by atoms with van der Waals surface area (Å²) in [7, 11) is -1.49. The van der Waals surface area contributed by atoms with Crippen LogP contribution in [0.3, 0.4) is 0 Å². The van der Waals surface area contributed by atoms with Crippen LogP contribution in [-0.2, 0) is 29.1 Å². The Morgan fingerprint density at radius 3 is 1.60 bits per heavy atom. The van der Waals surface area contributed by atoms with Crippen LogP contribution in [0.2, 0.25) is 0 Å². The highest BCUT2D eigenvalue weighted by Crippen LogP contribution is 2.35. The largest absolute Gasteiger partial charge is 0.453 e. The fourth-order valence-corrected chi connectivity index (χ4v) is 9.46. The first-order chi connectivity index (χ1) is 30.2. The van der Waals surface area contributed by atoms with Gasteiger partial charge in [-0.1, -0.05) is 94.4 Å². The second-order valence-corrected chi connectivity index (χ2v) is 18.3. The third kappa shape index (κ3) is 9.46. The number of rotatable bonds is 13. The predicted octanol–water partition coefficient (Wildman–Crippen LogP) is 6.09. The highest BCUT2D eigenvalue weighted by Gasteiger charge is 2.45. The lowest BCUT2D eigenvalue weighted by atomic mass is 10.0. The molecule has 2 fully saturated rings. The summed E-state index contributed by atoms with van der Waals surface area (Å²) in [6.07, 6.45) is 3.59. The molecule has 18 heteroatoms. The molecule has 3 aromatic carbocycles. The number of imidazole rings is 2. The molecule has 2 aromatic heterocycles. The number of alkyl carbamates (subject to hydrolysis) is 2. The van der Waals surface area contributed by atoms with Gasteiger partial charge in [0.15, 0.2) is 0 Å². The zero-order valence-electron chi connectivity index (χ0n) is 36.1. The second-order valence-electron chi connectivity index (χ2n) is 16.3. The summed E-state index contributed by atoms with van der Waals surface area (Å²) < 4.78 is 38.3. The zero-order valence-corrected chi connectivity index (χ0v) is 36.9. The summed E-state index contributed by atoms with van der Waals surface area (Å²) in [6, 6.07) is 21.3. The number of aromatic amines is 2. The number of ether oxygens (including phenoxy) is 2. The van der Waals surface area contributed by atoms with Crippen molar-refractivity contribution >= 4 is 34.0 Å². The molecule has 0 bridgehead atoms. The van der Waals surface area contributed by atoms with E-state index in [0.29, 0.717) is 23.9 Å². The number of H-pyrrole nitrogens is 2. The molecule has 4 atom stereocenters. The molecule has 0 saturated carbocycles. The van der Waals surface area contributed by atoms with Gasteiger partial charge in [0.2, 0.25) is 21.8 Å². The molecule has 17 nitrogen and oxygen atoms in total. The van der Waals surface area contributed by atoms with Gasteiger partial charge in [-0.2, -0.15) is 4.31 Å². The molecule has 332 valence electrons. The van der Waals surface area contributed by atoms with Gasteiger partial charge < -0.3 is 39.9 Å². The summed E-state index contributed by atoms with van der Waals surface area (Å²) in [5, 5.41) is 5.29. The Hall–Kier alpha value is -6.53. The molecular formula is C45H53N9O8S. The van der Waals surface area contributed by atoms with Gasteiger partial charge >= 0.3 is 12.2 Å². The van der Waals surface area contributed by atoms with E-state index >= 15 is 0 Å². The smallest absolute Gasteiger partial charge is 0.407 e. The van der Waals surface area contributed by atoms with Crippen molar-refractivity contribution in [2.24, 2.45) is 11.8 Å². The maximum absolute atomic E-state index is 14.1. The summed E-state index contributed by atoms with van der Waals surface area (Å²) in [6.45, 7) is 7.61. The van der Waals surface area contributed by atoms with Crippen LogP contribution in [-0.4, -0.2) is 113 Å². The first-order valence-electron chi connectivity index (χ1n) is 20.9. The Morgan fingerprint density at radius 2 is 1.13 bits per heavy atom. The van der Waals surface area contributed by atoms with E-state index in [9.17, 15) is 27.6 Å². The maximum Gasteiger partial charge on any atom is 0.407 e. The fourth-order valence-electron chi connectivity index (χ4n) is 8.05. The van der Waals surface area contributed by atoms with E-state index in [1.165, 1.54) is 35.6 Å². The minimum atomic E-state index is -3.98. The molecule has 7 rings (SSSR count). The molecule has 5 aromatic rings. The molecule has 0 aliphatic carbocycles. The van der Waals surface area contributed by atoms with Crippen LogP contribution in [0.1, 0.15) is 64.3 Å². The summed E-state index contributed by atoms with van der Waals surface area (Å²) >= 11 is 0. The molecule has 4 N–H and O–H groups in total. The number of hydrogen-bond acceptors (Lipinski definition) is 10. The van der Waals surface area contributed by atoms with Gasteiger partial charge in [-0.25, -0.2) is 28.0 Å². The van der Waals surface area contributed by atoms with Crippen molar-refractivity contribution in [2.45, 2.75) is 69.6 Å². The highest BCUT2D eigenvalue weighted by atomic mass is 32.2. The van der Waals surface area contributed by atoms with Gasteiger partial charge in [-0.3, -0.25) is 9.59 Å². The van der Waals surface area contributed by atoms with Crippen molar-refractivity contribution in [1.82, 2.24) is 44.7 Å². The van der Waals surface area contributed by atoms with E-state index in [1.54, 1.807) is 49.3 Å². The van der Waals surface area contributed by atoms with Crippen LogP contribution in [0.4, 0.5) is 9.59 Å². The fraction of sp³-hybridized carbons (Fsp3) is 0.378. The third-order valence-corrected chi connectivity index (χ3v) is 13.4. The monoisotopic (exact) mass is 879 g/mol. The lowest BCUT2D eigenvalue weighted by Crippen LogP contribution is -2.51. The van der Waals surface area contributed by atoms with E-state index in [-0.39, 0.29) is 41.9 Å². The SMILES string of the molecule is COC(=O)N[C@H](C(=O)N1CCC[C@H]1c1ncc(-c2ccc(-c3ccc(-c4cnc([C@@H]5CN(S(=O)(=O)c6ccccc6)CN5C(=O)[C@@H](NC(=O)OC)C(C)C)[nH]4)cc3)cc2)[nH]1)C(C)C. The normalized spacial score (nSPS) is 17.8. The quantitative estimate of drug-likeness (QED) is 0.107. The Labute approximate surface area is 366 Å². The number of carbonyl (C=O) groups excluding carboxylic acids is 4. The van der Waals surface area contributed by atoms with E-state index in [0.717, 1.165) is 40.8 Å². The van der Waals surface area contributed by atoms with Gasteiger partial charge in [0, 0.05) is 13.1 Å². The third-order valence-electron chi connectivity index (χ3n) is 11.6. The van der Waals surface area contributed by atoms with Crippen molar-refractivity contribution in [3.63, 3.8) is 0 Å². The van der Waals surface area contributed by atoms with Gasteiger partial charge in [-0.15, -0.1) is 0 Å². The number of hydrogen-bond donors (Lipinski definition) is 4. The Morgan fingerprint density at radius 1 is 0.667 bits per heavy atom. The number of sulfonamides is 1. The first-order valence-corrected chi connectivity index (χ1v) is 22.3. The maximum atomic E-state index is 14.1. The zero-order chi connectivity index (χ0) is 45.0. The lowest BCUT2D eigenvalue weighted by molar-refractivity contribution is -0.136. The van der Waals surface area contributed by atoms with Gasteiger partial charge in [0.25, 0.3) is 0 Å². The minimum Gasteiger partial charge on any atom is -0.453 e. The highest BCUT2D eigenvalue weighted by molar-refractivity contribution is 7.89. The van der Waals surface area contributed by atoms with Crippen molar-refractivity contribution in [1.29, 1.82) is 0 Å². The van der Waals surface area contributed by atoms with E-state index in [4.69, 9.17) is 9.47 Å². The van der Waals surface area contributed by atoms with Crippen LogP contribution < -0.4 is 10.6 Å². The molecule has 4 heterocycles.